The Hall–Kier alpha value is -0.910. The summed E-state index contributed by atoms with van der Waals surface area (Å²) in [6, 6.07) is 0.337. The summed E-state index contributed by atoms with van der Waals surface area (Å²) in [4.78, 5) is 17.3. The largest absolute Gasteiger partial charge is 0.393 e. The van der Waals surface area contributed by atoms with E-state index >= 15 is 0 Å². The highest BCUT2D eigenvalue weighted by molar-refractivity contribution is 5.84. The number of carbonyl (C=O) groups excluding carboxylic acids is 1. The van der Waals surface area contributed by atoms with Gasteiger partial charge in [-0.25, -0.2) is 0 Å². The molecule has 12 atom stereocenters. The lowest BCUT2D eigenvalue weighted by Gasteiger charge is -2.72. The lowest BCUT2D eigenvalue weighted by Crippen LogP contribution is -2.67. The van der Waals surface area contributed by atoms with Crippen LogP contribution in [0.2, 0.25) is 0 Å². The van der Waals surface area contributed by atoms with Crippen LogP contribution in [0.4, 0.5) is 0 Å². The van der Waals surface area contributed by atoms with Crippen molar-refractivity contribution in [2.24, 2.45) is 62.6 Å². The first-order chi connectivity index (χ1) is 21.3. The molecule has 0 unspecified atom stereocenters. The number of nitrogens with zero attached hydrogens (tertiary/aromatic N) is 1. The Morgan fingerprint density at radius 2 is 1.62 bits per heavy atom. The van der Waals surface area contributed by atoms with Crippen molar-refractivity contribution in [3.05, 3.63) is 12.2 Å². The summed E-state index contributed by atoms with van der Waals surface area (Å²) in [5.74, 6) is 3.86. The van der Waals surface area contributed by atoms with E-state index in [9.17, 15) is 9.90 Å². The van der Waals surface area contributed by atoms with Crippen molar-refractivity contribution >= 4 is 5.91 Å². The molecular formula is C40H66N2O3. The van der Waals surface area contributed by atoms with E-state index in [2.05, 4.69) is 58.3 Å². The van der Waals surface area contributed by atoms with Gasteiger partial charge in [-0.2, -0.15) is 0 Å². The first kappa shape index (κ1) is 32.6. The van der Waals surface area contributed by atoms with Crippen LogP contribution in [0.25, 0.3) is 0 Å². The van der Waals surface area contributed by atoms with Crippen LogP contribution in [-0.2, 0) is 9.53 Å². The van der Waals surface area contributed by atoms with Gasteiger partial charge in [0.15, 0.2) is 0 Å². The molecule has 6 saturated carbocycles. The molecule has 7 rings (SSSR count). The fourth-order valence-corrected chi connectivity index (χ4v) is 14.4. The van der Waals surface area contributed by atoms with Gasteiger partial charge in [0.05, 0.1) is 24.7 Å². The number of morpholine rings is 1. The third kappa shape index (κ3) is 4.80. The van der Waals surface area contributed by atoms with Crippen LogP contribution in [0.1, 0.15) is 125 Å². The van der Waals surface area contributed by atoms with E-state index in [1.165, 1.54) is 50.5 Å². The topological polar surface area (TPSA) is 61.8 Å². The van der Waals surface area contributed by atoms with Crippen LogP contribution >= 0.6 is 0 Å². The van der Waals surface area contributed by atoms with Crippen molar-refractivity contribution in [2.45, 2.75) is 137 Å². The second kappa shape index (κ2) is 11.3. The molecule has 1 amide bonds. The van der Waals surface area contributed by atoms with Crippen molar-refractivity contribution < 1.29 is 14.6 Å². The van der Waals surface area contributed by atoms with Crippen molar-refractivity contribution in [3.8, 4) is 0 Å². The number of aliphatic hydroxyl groups is 1. The van der Waals surface area contributed by atoms with Gasteiger partial charge in [0.25, 0.3) is 0 Å². The second-order valence-electron chi connectivity index (χ2n) is 19.0. The van der Waals surface area contributed by atoms with E-state index in [1.54, 1.807) is 0 Å². The Morgan fingerprint density at radius 1 is 0.867 bits per heavy atom. The minimum Gasteiger partial charge on any atom is -0.393 e. The quantitative estimate of drug-likeness (QED) is 0.310. The summed E-state index contributed by atoms with van der Waals surface area (Å²) in [5, 5.41) is 14.8. The number of aliphatic hydroxyl groups excluding tert-OH is 1. The number of amides is 1. The summed E-state index contributed by atoms with van der Waals surface area (Å²) in [5.41, 5.74) is 1.90. The van der Waals surface area contributed by atoms with E-state index in [0.29, 0.717) is 52.9 Å². The molecule has 1 heterocycles. The van der Waals surface area contributed by atoms with Crippen LogP contribution < -0.4 is 5.32 Å². The predicted octanol–water partition coefficient (Wildman–Crippen LogP) is 7.62. The SMILES string of the molecule is C=C(C)[C@@H]1CC[C@]2(C(=O)N[C@@H]3CC[C@H](CN4CCOCC4)C3)CC[C@]3(C)[C@H](CC[C@@H]4[C@@]5(C)CC[C@H](O)C(C)(C)[C@@H]5CC[C@]43C)[C@@H]12. The van der Waals surface area contributed by atoms with Gasteiger partial charge in [-0.1, -0.05) is 46.8 Å². The summed E-state index contributed by atoms with van der Waals surface area (Å²) in [7, 11) is 0. The average molecular weight is 623 g/mol. The smallest absolute Gasteiger partial charge is 0.226 e. The van der Waals surface area contributed by atoms with E-state index < -0.39 is 0 Å². The maximum atomic E-state index is 14.7. The van der Waals surface area contributed by atoms with Crippen molar-refractivity contribution in [1.29, 1.82) is 0 Å². The first-order valence-corrected chi connectivity index (χ1v) is 19.2. The molecule has 0 aromatic rings. The molecule has 45 heavy (non-hydrogen) atoms. The number of nitrogens with one attached hydrogen (secondary N) is 1. The Bertz CT molecular complexity index is 1160. The Labute approximate surface area is 275 Å². The monoisotopic (exact) mass is 623 g/mol. The van der Waals surface area contributed by atoms with Gasteiger partial charge in [0, 0.05) is 25.7 Å². The standard InChI is InChI=1S/C40H66N2O3/c1-26(2)29-12-17-40(35(44)41-28-9-8-27(24-28)25-42-20-22-45-23-21-42)19-18-38(6)30(34(29)40)10-11-32-37(5)15-14-33(43)36(3,4)31(37)13-16-39(32,38)7/h27-34,43H,1,8-25H2,2-7H3,(H,41,44)/t27-,28+,29-,30+,31-,32+,33-,34+,37-,38+,39+,40-/m0/s1. The molecule has 0 spiro atoms. The lowest BCUT2D eigenvalue weighted by atomic mass is 9.32. The summed E-state index contributed by atoms with van der Waals surface area (Å²) in [6.45, 7) is 24.5. The van der Waals surface area contributed by atoms with E-state index in [1.807, 2.05) is 0 Å². The zero-order valence-corrected chi connectivity index (χ0v) is 29.8. The summed E-state index contributed by atoms with van der Waals surface area (Å²) >= 11 is 0. The molecule has 0 aromatic carbocycles. The minimum atomic E-state index is -0.225. The van der Waals surface area contributed by atoms with Gasteiger partial charge < -0.3 is 15.2 Å². The maximum absolute atomic E-state index is 14.7. The Balaban J connectivity index is 1.13. The zero-order chi connectivity index (χ0) is 32.0. The highest BCUT2D eigenvalue weighted by atomic mass is 16.5. The van der Waals surface area contributed by atoms with Gasteiger partial charge in [0.1, 0.15) is 0 Å². The van der Waals surface area contributed by atoms with Gasteiger partial charge in [0.2, 0.25) is 5.91 Å². The number of carbonyl (C=O) groups is 1. The molecule has 7 fully saturated rings. The first-order valence-electron chi connectivity index (χ1n) is 19.2. The fraction of sp³-hybridized carbons (Fsp3) is 0.925. The van der Waals surface area contributed by atoms with E-state index in [0.717, 1.165) is 71.4 Å². The highest BCUT2D eigenvalue weighted by Crippen LogP contribution is 2.77. The maximum Gasteiger partial charge on any atom is 0.226 e. The second-order valence-corrected chi connectivity index (χ2v) is 19.0. The number of hydrogen-bond acceptors (Lipinski definition) is 4. The third-order valence-corrected chi connectivity index (χ3v) is 17.0. The number of ether oxygens (including phenoxy) is 1. The molecule has 1 aliphatic heterocycles. The van der Waals surface area contributed by atoms with Crippen LogP contribution in [-0.4, -0.2) is 60.9 Å². The molecule has 5 heteroatoms. The number of fused-ring (bicyclic) bond motifs is 7. The average Bonchev–Trinajstić information content (AvgIpc) is 3.61. The van der Waals surface area contributed by atoms with Crippen LogP contribution in [0, 0.1) is 62.6 Å². The zero-order valence-electron chi connectivity index (χ0n) is 29.8. The van der Waals surface area contributed by atoms with Crippen LogP contribution in [0.3, 0.4) is 0 Å². The van der Waals surface area contributed by atoms with E-state index in [-0.39, 0.29) is 27.8 Å². The molecule has 0 radical (unpaired) electrons. The molecule has 0 aromatic heterocycles. The van der Waals surface area contributed by atoms with Crippen LogP contribution in [0.5, 0.6) is 0 Å². The van der Waals surface area contributed by atoms with Gasteiger partial charge in [-0.15, -0.1) is 0 Å². The van der Waals surface area contributed by atoms with Crippen LogP contribution in [0.15, 0.2) is 12.2 Å². The van der Waals surface area contributed by atoms with E-state index in [4.69, 9.17) is 4.74 Å². The summed E-state index contributed by atoms with van der Waals surface area (Å²) in [6.07, 6.45) is 14.9. The molecule has 254 valence electrons. The van der Waals surface area contributed by atoms with Crippen molar-refractivity contribution in [2.75, 3.05) is 32.8 Å². The lowest BCUT2D eigenvalue weighted by molar-refractivity contribution is -0.246. The van der Waals surface area contributed by atoms with Crippen molar-refractivity contribution in [1.82, 2.24) is 10.2 Å². The summed E-state index contributed by atoms with van der Waals surface area (Å²) < 4.78 is 5.58. The van der Waals surface area contributed by atoms with Gasteiger partial charge in [-0.05, 0) is 148 Å². The van der Waals surface area contributed by atoms with Gasteiger partial charge >= 0.3 is 0 Å². The normalized spacial score (nSPS) is 51.0. The third-order valence-electron chi connectivity index (χ3n) is 17.0. The number of allylic oxidation sites excluding steroid dienone is 1. The highest BCUT2D eigenvalue weighted by Gasteiger charge is 2.72. The molecule has 2 N–H and O–H groups in total. The molecular weight excluding hydrogens is 556 g/mol. The number of hydrogen-bond donors (Lipinski definition) is 2. The molecule has 0 bridgehead atoms. The molecule has 5 nitrogen and oxygen atoms in total. The van der Waals surface area contributed by atoms with Crippen molar-refractivity contribution in [3.63, 3.8) is 0 Å². The Kier molecular flexibility index (Phi) is 8.21. The molecule has 1 saturated heterocycles. The molecule has 6 aliphatic carbocycles. The Morgan fingerprint density at radius 3 is 2.36 bits per heavy atom. The minimum absolute atomic E-state index is 0.0101. The van der Waals surface area contributed by atoms with Gasteiger partial charge in [-0.3, -0.25) is 9.69 Å². The number of rotatable bonds is 5. The predicted molar refractivity (Wildman–Crippen MR) is 182 cm³/mol. The fourth-order valence-electron chi connectivity index (χ4n) is 14.4. The molecule has 7 aliphatic rings.